The Hall–Kier alpha value is -3.52. The normalized spacial score (nSPS) is 10.7. The van der Waals surface area contributed by atoms with Crippen molar-refractivity contribution in [3.63, 3.8) is 0 Å². The first-order valence-electron chi connectivity index (χ1n) is 8.03. The monoisotopic (exact) mass is 349 g/mol. The van der Waals surface area contributed by atoms with Gasteiger partial charge in [-0.2, -0.15) is 5.26 Å². The molecule has 5 heteroatoms. The number of hydrogen-bond acceptors (Lipinski definition) is 4. The summed E-state index contributed by atoms with van der Waals surface area (Å²) in [5.74, 6) is 0.204. The van der Waals surface area contributed by atoms with E-state index in [0.29, 0.717) is 24.5 Å². The average molecular weight is 349 g/mol. The third kappa shape index (κ3) is 5.53. The Balaban J connectivity index is 1.86. The molecule has 0 saturated carbocycles. The van der Waals surface area contributed by atoms with Crippen molar-refractivity contribution in [1.29, 1.82) is 5.26 Å². The Kier molecular flexibility index (Phi) is 7.02. The van der Waals surface area contributed by atoms with Gasteiger partial charge < -0.3 is 14.6 Å². The first-order valence-corrected chi connectivity index (χ1v) is 8.03. The van der Waals surface area contributed by atoms with E-state index in [0.717, 1.165) is 17.7 Å². The molecule has 0 spiro atoms. The predicted molar refractivity (Wildman–Crippen MR) is 99.0 cm³/mol. The Morgan fingerprint density at radius 3 is 2.46 bits per heavy atom. The summed E-state index contributed by atoms with van der Waals surface area (Å²) >= 11 is 0. The van der Waals surface area contributed by atoms with Gasteiger partial charge in [-0.3, -0.25) is 0 Å². The maximum atomic E-state index is 10.8. The number of ether oxygens (including phenoxy) is 2. The Morgan fingerprint density at radius 1 is 1.12 bits per heavy atom. The van der Waals surface area contributed by atoms with Crippen molar-refractivity contribution >= 4 is 12.0 Å². The lowest BCUT2D eigenvalue weighted by Gasteiger charge is -2.11. The number of hydrogen-bond donors (Lipinski definition) is 1. The van der Waals surface area contributed by atoms with Crippen LogP contribution in [0.3, 0.4) is 0 Å². The number of rotatable bonds is 9. The topological polar surface area (TPSA) is 79.5 Å². The highest BCUT2D eigenvalue weighted by Gasteiger charge is 2.05. The number of nitrogens with zero attached hydrogens (tertiary/aromatic N) is 1. The van der Waals surface area contributed by atoms with Gasteiger partial charge >= 0.3 is 5.97 Å². The fourth-order valence-electron chi connectivity index (χ4n) is 2.25. The van der Waals surface area contributed by atoms with E-state index in [9.17, 15) is 4.79 Å². The first-order chi connectivity index (χ1) is 12.6. The highest BCUT2D eigenvalue weighted by atomic mass is 16.5. The molecule has 0 aromatic heterocycles. The van der Waals surface area contributed by atoms with Crippen molar-refractivity contribution in [3.8, 4) is 17.6 Å². The molecule has 2 aromatic carbocycles. The maximum Gasteiger partial charge on any atom is 0.346 e. The van der Waals surface area contributed by atoms with Gasteiger partial charge in [0.25, 0.3) is 0 Å². The number of carbonyl (C=O) groups is 1. The molecule has 0 amide bonds. The van der Waals surface area contributed by atoms with Crippen LogP contribution in [0, 0.1) is 11.3 Å². The van der Waals surface area contributed by atoms with Crippen molar-refractivity contribution < 1.29 is 19.4 Å². The molecule has 0 heterocycles. The quantitative estimate of drug-likeness (QED) is 0.322. The van der Waals surface area contributed by atoms with Crippen molar-refractivity contribution in [2.24, 2.45) is 0 Å². The average Bonchev–Trinajstić information content (AvgIpc) is 2.65. The lowest BCUT2D eigenvalue weighted by atomic mass is 10.1. The van der Waals surface area contributed by atoms with Gasteiger partial charge in [-0.05, 0) is 41.8 Å². The number of carboxylic acid groups (broad SMARTS) is 1. The summed E-state index contributed by atoms with van der Waals surface area (Å²) in [7, 11) is 0. The van der Waals surface area contributed by atoms with Crippen LogP contribution in [0.5, 0.6) is 11.5 Å². The van der Waals surface area contributed by atoms with Crippen LogP contribution in [0.15, 0.2) is 66.8 Å². The SMILES string of the molecule is C=CCc1ccccc1OCCOc1ccc(C=C(C#N)C(=O)O)cc1. The van der Waals surface area contributed by atoms with Gasteiger partial charge in [0, 0.05) is 0 Å². The zero-order valence-electron chi connectivity index (χ0n) is 14.2. The van der Waals surface area contributed by atoms with Gasteiger partial charge in [0.1, 0.15) is 36.4 Å². The van der Waals surface area contributed by atoms with Crippen molar-refractivity contribution in [1.82, 2.24) is 0 Å². The van der Waals surface area contributed by atoms with Gasteiger partial charge in [-0.15, -0.1) is 6.58 Å². The highest BCUT2D eigenvalue weighted by molar-refractivity contribution is 5.96. The van der Waals surface area contributed by atoms with Crippen LogP contribution in [0.1, 0.15) is 11.1 Å². The van der Waals surface area contributed by atoms with E-state index in [2.05, 4.69) is 6.58 Å². The summed E-state index contributed by atoms with van der Waals surface area (Å²) in [6.45, 7) is 4.51. The Labute approximate surface area is 152 Å². The molecule has 5 nitrogen and oxygen atoms in total. The third-order valence-corrected chi connectivity index (χ3v) is 3.49. The molecule has 0 fully saturated rings. The molecular weight excluding hydrogens is 330 g/mol. The number of benzene rings is 2. The summed E-state index contributed by atoms with van der Waals surface area (Å²) in [6.07, 6.45) is 3.88. The van der Waals surface area contributed by atoms with Crippen molar-refractivity contribution in [2.75, 3.05) is 13.2 Å². The molecule has 0 aliphatic carbocycles. The van der Waals surface area contributed by atoms with Gasteiger partial charge in [0.15, 0.2) is 0 Å². The lowest BCUT2D eigenvalue weighted by Crippen LogP contribution is -2.09. The van der Waals surface area contributed by atoms with E-state index < -0.39 is 5.97 Å². The van der Waals surface area contributed by atoms with Gasteiger partial charge in [-0.25, -0.2) is 4.79 Å². The van der Waals surface area contributed by atoms with Crippen LogP contribution in [-0.2, 0) is 11.2 Å². The molecule has 0 saturated heterocycles. The highest BCUT2D eigenvalue weighted by Crippen LogP contribution is 2.19. The Bertz CT molecular complexity index is 832. The molecule has 2 aromatic rings. The van der Waals surface area contributed by atoms with E-state index in [1.54, 1.807) is 30.3 Å². The molecule has 0 radical (unpaired) electrons. The van der Waals surface area contributed by atoms with Crippen LogP contribution < -0.4 is 9.47 Å². The van der Waals surface area contributed by atoms with Crippen molar-refractivity contribution in [2.45, 2.75) is 6.42 Å². The van der Waals surface area contributed by atoms with E-state index in [-0.39, 0.29) is 5.57 Å². The van der Waals surface area contributed by atoms with E-state index >= 15 is 0 Å². The second-order valence-corrected chi connectivity index (χ2v) is 5.34. The number of carboxylic acids is 1. The molecular formula is C21H19NO4. The second kappa shape index (κ2) is 9.70. The minimum absolute atomic E-state index is 0.315. The zero-order chi connectivity index (χ0) is 18.8. The number of nitriles is 1. The fourth-order valence-corrected chi connectivity index (χ4v) is 2.25. The number of aliphatic carboxylic acids is 1. The number of para-hydroxylation sites is 1. The molecule has 0 aliphatic rings. The van der Waals surface area contributed by atoms with Crippen LogP contribution in [0.25, 0.3) is 6.08 Å². The predicted octanol–water partition coefficient (Wildman–Crippen LogP) is 3.86. The van der Waals surface area contributed by atoms with E-state index in [1.165, 1.54) is 6.08 Å². The molecule has 0 bridgehead atoms. The smallest absolute Gasteiger partial charge is 0.346 e. The largest absolute Gasteiger partial charge is 0.490 e. The molecule has 0 atom stereocenters. The molecule has 132 valence electrons. The van der Waals surface area contributed by atoms with Gasteiger partial charge in [0.05, 0.1) is 0 Å². The first kappa shape index (κ1) is 18.8. The van der Waals surface area contributed by atoms with Crippen LogP contribution in [0.2, 0.25) is 0 Å². The molecule has 0 aliphatic heterocycles. The van der Waals surface area contributed by atoms with Crippen LogP contribution >= 0.6 is 0 Å². The summed E-state index contributed by atoms with van der Waals surface area (Å²) in [6, 6.07) is 16.2. The summed E-state index contributed by atoms with van der Waals surface area (Å²) in [4.78, 5) is 10.8. The summed E-state index contributed by atoms with van der Waals surface area (Å²) < 4.78 is 11.4. The van der Waals surface area contributed by atoms with Crippen LogP contribution in [-0.4, -0.2) is 24.3 Å². The van der Waals surface area contributed by atoms with Crippen LogP contribution in [0.4, 0.5) is 0 Å². The molecule has 2 rings (SSSR count). The fraction of sp³-hybridized carbons (Fsp3) is 0.143. The molecule has 0 unspecified atom stereocenters. The van der Waals surface area contributed by atoms with Gasteiger partial charge in [0.2, 0.25) is 0 Å². The maximum absolute atomic E-state index is 10.8. The molecule has 1 N–H and O–H groups in total. The zero-order valence-corrected chi connectivity index (χ0v) is 14.2. The third-order valence-electron chi connectivity index (χ3n) is 3.49. The minimum atomic E-state index is -1.25. The van der Waals surface area contributed by atoms with Crippen molar-refractivity contribution in [3.05, 3.63) is 77.9 Å². The summed E-state index contributed by atoms with van der Waals surface area (Å²) in [5, 5.41) is 17.6. The lowest BCUT2D eigenvalue weighted by molar-refractivity contribution is -0.132. The molecule has 26 heavy (non-hydrogen) atoms. The van der Waals surface area contributed by atoms with E-state index in [1.807, 2.05) is 30.3 Å². The van der Waals surface area contributed by atoms with E-state index in [4.69, 9.17) is 19.8 Å². The minimum Gasteiger partial charge on any atom is -0.490 e. The Morgan fingerprint density at radius 2 is 1.81 bits per heavy atom. The van der Waals surface area contributed by atoms with Gasteiger partial charge in [-0.1, -0.05) is 36.4 Å². The summed E-state index contributed by atoms with van der Waals surface area (Å²) in [5.41, 5.74) is 1.38. The standard InChI is InChI=1S/C21H19NO4/c1-2-5-17-6-3-4-7-20(17)26-13-12-25-19-10-8-16(9-11-19)14-18(15-22)21(23)24/h2-4,6-11,14H,1,5,12-13H2,(H,23,24). The second-order valence-electron chi connectivity index (χ2n) is 5.34. The number of allylic oxidation sites excluding steroid dienone is 1.